The van der Waals surface area contributed by atoms with E-state index in [1.54, 1.807) is 0 Å². The lowest BCUT2D eigenvalue weighted by Gasteiger charge is -2.60. The van der Waals surface area contributed by atoms with Gasteiger partial charge in [0.15, 0.2) is 0 Å². The molecule has 0 aromatic heterocycles. The van der Waals surface area contributed by atoms with Crippen LogP contribution in [0.1, 0.15) is 65.2 Å². The van der Waals surface area contributed by atoms with E-state index < -0.39 is 0 Å². The number of rotatable bonds is 1. The Balaban J connectivity index is 1.63. The maximum absolute atomic E-state index is 12.8. The van der Waals surface area contributed by atoms with E-state index in [9.17, 15) is 15.0 Å². The highest BCUT2D eigenvalue weighted by Gasteiger charge is 2.62. The van der Waals surface area contributed by atoms with Gasteiger partial charge >= 0.3 is 0 Å². The first kappa shape index (κ1) is 16.1. The Morgan fingerprint density at radius 1 is 1.04 bits per heavy atom. The van der Waals surface area contributed by atoms with Crippen LogP contribution in [0.4, 0.5) is 0 Å². The topological polar surface area (TPSA) is 57.5 Å². The zero-order valence-corrected chi connectivity index (χ0v) is 14.6. The lowest BCUT2D eigenvalue weighted by atomic mass is 9.45. The van der Waals surface area contributed by atoms with E-state index in [4.69, 9.17) is 0 Å². The number of fused-ring (bicyclic) bond motifs is 5. The van der Waals surface area contributed by atoms with Gasteiger partial charge in [-0.1, -0.05) is 13.8 Å². The fourth-order valence-electron chi connectivity index (χ4n) is 7.33. The van der Waals surface area contributed by atoms with Gasteiger partial charge < -0.3 is 10.2 Å². The SMILES string of the molecule is CC12CCC3C(CCC4CC(O)CCC43C)C1CC(CO)C2=O. The Hall–Kier alpha value is -0.410. The molecule has 0 radical (unpaired) electrons. The van der Waals surface area contributed by atoms with Crippen molar-refractivity contribution in [2.45, 2.75) is 71.3 Å². The zero-order chi connectivity index (χ0) is 16.4. The van der Waals surface area contributed by atoms with Crippen LogP contribution in [0, 0.1) is 40.4 Å². The maximum atomic E-state index is 12.8. The molecule has 0 saturated heterocycles. The molecule has 0 amide bonds. The van der Waals surface area contributed by atoms with Gasteiger partial charge in [0.05, 0.1) is 12.7 Å². The van der Waals surface area contributed by atoms with Crippen LogP contribution >= 0.6 is 0 Å². The second kappa shape index (κ2) is 5.29. The third kappa shape index (κ3) is 2.12. The second-order valence-corrected chi connectivity index (χ2v) is 9.52. The molecule has 4 fully saturated rings. The monoisotopic (exact) mass is 320 g/mol. The Morgan fingerprint density at radius 3 is 2.57 bits per heavy atom. The molecule has 0 bridgehead atoms. The van der Waals surface area contributed by atoms with Gasteiger partial charge in [0.1, 0.15) is 5.78 Å². The Morgan fingerprint density at radius 2 is 1.83 bits per heavy atom. The molecule has 8 atom stereocenters. The molecule has 4 saturated carbocycles. The molecule has 0 aliphatic heterocycles. The molecule has 2 N–H and O–H groups in total. The average molecular weight is 320 g/mol. The quantitative estimate of drug-likeness (QED) is 0.780. The van der Waals surface area contributed by atoms with Crippen LogP contribution in [0.5, 0.6) is 0 Å². The summed E-state index contributed by atoms with van der Waals surface area (Å²) >= 11 is 0. The van der Waals surface area contributed by atoms with Crippen molar-refractivity contribution < 1.29 is 15.0 Å². The van der Waals surface area contributed by atoms with Crippen molar-refractivity contribution >= 4 is 5.78 Å². The number of carbonyl (C=O) groups is 1. The summed E-state index contributed by atoms with van der Waals surface area (Å²) in [5.74, 6) is 2.76. The van der Waals surface area contributed by atoms with Crippen molar-refractivity contribution in [1.82, 2.24) is 0 Å². The van der Waals surface area contributed by atoms with Gasteiger partial charge in [-0.3, -0.25) is 4.79 Å². The van der Waals surface area contributed by atoms with Crippen LogP contribution in [0.15, 0.2) is 0 Å². The minimum atomic E-state index is -0.175. The van der Waals surface area contributed by atoms with Crippen molar-refractivity contribution in [3.05, 3.63) is 0 Å². The molecular weight excluding hydrogens is 288 g/mol. The largest absolute Gasteiger partial charge is 0.396 e. The molecule has 3 nitrogen and oxygen atoms in total. The molecule has 23 heavy (non-hydrogen) atoms. The fraction of sp³-hybridized carbons (Fsp3) is 0.950. The van der Waals surface area contributed by atoms with Gasteiger partial charge in [-0.2, -0.15) is 0 Å². The molecule has 4 aliphatic carbocycles. The first-order valence-corrected chi connectivity index (χ1v) is 9.73. The van der Waals surface area contributed by atoms with Crippen LogP contribution in [0.3, 0.4) is 0 Å². The van der Waals surface area contributed by atoms with Gasteiger partial charge in [-0.15, -0.1) is 0 Å². The van der Waals surface area contributed by atoms with Crippen molar-refractivity contribution in [3.8, 4) is 0 Å². The van der Waals surface area contributed by atoms with Crippen LogP contribution in [0.2, 0.25) is 0 Å². The van der Waals surface area contributed by atoms with E-state index in [1.165, 1.54) is 19.3 Å². The van der Waals surface area contributed by atoms with E-state index in [0.29, 0.717) is 29.0 Å². The van der Waals surface area contributed by atoms with E-state index >= 15 is 0 Å². The minimum absolute atomic E-state index is 0.0361. The third-order valence-electron chi connectivity index (χ3n) is 8.72. The molecule has 3 heteroatoms. The fourth-order valence-corrected chi connectivity index (χ4v) is 7.33. The zero-order valence-electron chi connectivity index (χ0n) is 14.6. The molecule has 0 aromatic carbocycles. The molecule has 0 spiro atoms. The van der Waals surface area contributed by atoms with Crippen molar-refractivity contribution in [3.63, 3.8) is 0 Å². The minimum Gasteiger partial charge on any atom is -0.396 e. The maximum Gasteiger partial charge on any atom is 0.144 e. The molecule has 4 aliphatic rings. The van der Waals surface area contributed by atoms with E-state index in [2.05, 4.69) is 13.8 Å². The van der Waals surface area contributed by atoms with E-state index in [-0.39, 0.29) is 24.0 Å². The first-order chi connectivity index (χ1) is 10.9. The number of aliphatic hydroxyl groups excluding tert-OH is 2. The molecule has 0 heterocycles. The summed E-state index contributed by atoms with van der Waals surface area (Å²) in [4.78, 5) is 12.8. The Kier molecular flexibility index (Phi) is 3.70. The third-order valence-corrected chi connectivity index (χ3v) is 8.72. The lowest BCUT2D eigenvalue weighted by molar-refractivity contribution is -0.143. The van der Waals surface area contributed by atoms with E-state index in [1.807, 2.05) is 0 Å². The molecule has 0 aromatic rings. The van der Waals surface area contributed by atoms with Crippen LogP contribution in [-0.2, 0) is 4.79 Å². The number of Topliss-reactive ketones (excluding diaryl/α,β-unsaturated/α-hetero) is 1. The van der Waals surface area contributed by atoms with Crippen LogP contribution in [0.25, 0.3) is 0 Å². The highest BCUT2D eigenvalue weighted by atomic mass is 16.3. The van der Waals surface area contributed by atoms with Crippen molar-refractivity contribution in [2.24, 2.45) is 40.4 Å². The van der Waals surface area contributed by atoms with Gasteiger partial charge in [0, 0.05) is 11.3 Å². The predicted octanol–water partition coefficient (Wildman–Crippen LogP) is 3.18. The normalized spacial score (nSPS) is 55.9. The highest BCUT2D eigenvalue weighted by Crippen LogP contribution is 2.66. The summed E-state index contributed by atoms with van der Waals surface area (Å²) in [6.07, 6.45) is 8.55. The number of carbonyl (C=O) groups excluding carboxylic acids is 1. The van der Waals surface area contributed by atoms with Gasteiger partial charge in [-0.05, 0) is 80.5 Å². The Labute approximate surface area is 139 Å². The molecule has 8 unspecified atom stereocenters. The smallest absolute Gasteiger partial charge is 0.144 e. The lowest BCUT2D eigenvalue weighted by Crippen LogP contribution is -2.54. The van der Waals surface area contributed by atoms with Crippen LogP contribution in [-0.4, -0.2) is 28.7 Å². The summed E-state index contributed by atoms with van der Waals surface area (Å²) < 4.78 is 0. The summed E-state index contributed by atoms with van der Waals surface area (Å²) in [5.41, 5.74) is 0.190. The van der Waals surface area contributed by atoms with Crippen molar-refractivity contribution in [1.29, 1.82) is 0 Å². The number of ketones is 1. The summed E-state index contributed by atoms with van der Waals surface area (Å²) in [6.45, 7) is 4.70. The number of hydrogen-bond donors (Lipinski definition) is 2. The van der Waals surface area contributed by atoms with Gasteiger partial charge in [-0.25, -0.2) is 0 Å². The average Bonchev–Trinajstić information content (AvgIpc) is 2.79. The standard InChI is InChI=1S/C20H32O3/c1-19-7-5-14(22)10-13(19)3-4-15-16(19)6-8-20(2)17(15)9-12(11-21)18(20)23/h12-17,21-22H,3-11H2,1-2H3. The molecule has 4 rings (SSSR count). The number of aliphatic hydroxyl groups is 2. The van der Waals surface area contributed by atoms with E-state index in [0.717, 1.165) is 38.0 Å². The summed E-state index contributed by atoms with van der Waals surface area (Å²) in [7, 11) is 0. The Bertz CT molecular complexity index is 503. The molecular formula is C20H32O3. The first-order valence-electron chi connectivity index (χ1n) is 9.73. The van der Waals surface area contributed by atoms with Gasteiger partial charge in [0.2, 0.25) is 0 Å². The number of hydrogen-bond acceptors (Lipinski definition) is 3. The second-order valence-electron chi connectivity index (χ2n) is 9.52. The highest BCUT2D eigenvalue weighted by molar-refractivity contribution is 5.89. The predicted molar refractivity (Wildman–Crippen MR) is 88.7 cm³/mol. The van der Waals surface area contributed by atoms with Gasteiger partial charge in [0.25, 0.3) is 0 Å². The summed E-state index contributed by atoms with van der Waals surface area (Å²) in [6, 6.07) is 0. The van der Waals surface area contributed by atoms with Crippen LogP contribution < -0.4 is 0 Å². The summed E-state index contributed by atoms with van der Waals surface area (Å²) in [5, 5.41) is 19.7. The van der Waals surface area contributed by atoms with Crippen molar-refractivity contribution in [2.75, 3.05) is 6.61 Å². The molecule has 130 valence electrons.